The Labute approximate surface area is 159 Å². The average Bonchev–Trinajstić information content (AvgIpc) is 3.42. The highest BCUT2D eigenvalue weighted by molar-refractivity contribution is 6.10. The molecule has 0 aliphatic carbocycles. The number of ether oxygens (including phenoxy) is 3. The molecule has 2 atom stereocenters. The van der Waals surface area contributed by atoms with Crippen LogP contribution in [0.1, 0.15) is 31.1 Å². The van der Waals surface area contributed by atoms with Crippen molar-refractivity contribution in [3.05, 3.63) is 48.0 Å². The molecule has 142 valence electrons. The second-order valence-corrected chi connectivity index (χ2v) is 7.13. The highest BCUT2D eigenvalue weighted by Crippen LogP contribution is 2.39. The van der Waals surface area contributed by atoms with Gasteiger partial charge in [-0.1, -0.05) is 26.0 Å². The number of carbonyl (C=O) groups excluding carboxylic acids is 1. The summed E-state index contributed by atoms with van der Waals surface area (Å²) in [6.07, 6.45) is -0.433. The lowest BCUT2D eigenvalue weighted by Crippen LogP contribution is -2.29. The summed E-state index contributed by atoms with van der Waals surface area (Å²) in [5.74, 6) is 1.61. The fourth-order valence-corrected chi connectivity index (χ4v) is 3.11. The number of amides is 1. The van der Waals surface area contributed by atoms with E-state index in [0.29, 0.717) is 36.1 Å². The third kappa shape index (κ3) is 3.63. The van der Waals surface area contributed by atoms with Crippen LogP contribution in [0.2, 0.25) is 0 Å². The number of nitrogens with one attached hydrogen (secondary N) is 1. The van der Waals surface area contributed by atoms with Crippen molar-refractivity contribution in [2.45, 2.75) is 33.3 Å². The fourth-order valence-electron chi connectivity index (χ4n) is 3.11. The van der Waals surface area contributed by atoms with Gasteiger partial charge >= 0.3 is 0 Å². The number of para-hydroxylation sites is 2. The minimum Gasteiger partial charge on any atom is -0.454 e. The normalized spacial score (nSPS) is 20.6. The van der Waals surface area contributed by atoms with Gasteiger partial charge < -0.3 is 24.4 Å². The number of nitrogens with zero attached hydrogens (tertiary/aromatic N) is 1. The lowest BCUT2D eigenvalue weighted by atomic mass is 10.1. The molecular weight excluding hydrogens is 344 g/mol. The molecule has 4 rings (SSSR count). The molecule has 2 heterocycles. The molecular formula is C21H24N2O4. The quantitative estimate of drug-likeness (QED) is 0.773. The predicted octanol–water partition coefficient (Wildman–Crippen LogP) is 4.23. The van der Waals surface area contributed by atoms with Gasteiger partial charge in [0.2, 0.25) is 6.29 Å². The summed E-state index contributed by atoms with van der Waals surface area (Å²) >= 11 is 0. The minimum atomic E-state index is -0.241. The molecule has 0 aromatic heterocycles. The maximum Gasteiger partial charge on any atom is 0.262 e. The topological polar surface area (TPSA) is 63.3 Å². The maximum absolute atomic E-state index is 13.1. The SMILES string of the molecule is CCN1C(=O)c2cc(NC3OC3OCC(C)C)ccc2Oc2ccccc21. The number of fused-ring (bicyclic) bond motifs is 2. The lowest BCUT2D eigenvalue weighted by molar-refractivity contribution is 0.0342. The molecule has 6 nitrogen and oxygen atoms in total. The molecule has 0 spiro atoms. The van der Waals surface area contributed by atoms with Crippen molar-refractivity contribution in [1.29, 1.82) is 0 Å². The van der Waals surface area contributed by atoms with Crippen molar-refractivity contribution >= 4 is 17.3 Å². The molecule has 2 unspecified atom stereocenters. The summed E-state index contributed by atoms with van der Waals surface area (Å²) < 4.78 is 17.2. The Bertz CT molecular complexity index is 852. The van der Waals surface area contributed by atoms with E-state index >= 15 is 0 Å². The van der Waals surface area contributed by atoms with E-state index in [1.54, 1.807) is 4.90 Å². The molecule has 0 radical (unpaired) electrons. The standard InChI is InChI=1S/C21H24N2O4/c1-4-23-16-7-5-6-8-18(16)26-17-10-9-14(11-15(17)20(23)24)22-19-21(27-19)25-12-13(2)3/h5-11,13,19,21-22H,4,12H2,1-3H3. The monoisotopic (exact) mass is 368 g/mol. The van der Waals surface area contributed by atoms with Gasteiger partial charge in [-0.05, 0) is 43.2 Å². The van der Waals surface area contributed by atoms with Crippen LogP contribution < -0.4 is 15.0 Å². The Morgan fingerprint density at radius 2 is 2.00 bits per heavy atom. The highest BCUT2D eigenvalue weighted by Gasteiger charge is 2.40. The summed E-state index contributed by atoms with van der Waals surface area (Å²) in [6.45, 7) is 7.37. The van der Waals surface area contributed by atoms with Gasteiger partial charge in [-0.15, -0.1) is 0 Å². The Morgan fingerprint density at radius 3 is 2.78 bits per heavy atom. The first-order valence-electron chi connectivity index (χ1n) is 9.33. The van der Waals surface area contributed by atoms with Gasteiger partial charge in [-0.2, -0.15) is 0 Å². The van der Waals surface area contributed by atoms with E-state index in [1.165, 1.54) is 0 Å². The molecule has 2 aromatic carbocycles. The van der Waals surface area contributed by atoms with Gasteiger partial charge in [0.05, 0.1) is 17.9 Å². The van der Waals surface area contributed by atoms with E-state index in [2.05, 4.69) is 19.2 Å². The van der Waals surface area contributed by atoms with Crippen molar-refractivity contribution in [1.82, 2.24) is 0 Å². The van der Waals surface area contributed by atoms with Crippen LogP contribution in [0, 0.1) is 5.92 Å². The van der Waals surface area contributed by atoms with Crippen molar-refractivity contribution in [2.24, 2.45) is 5.92 Å². The molecule has 2 aromatic rings. The molecule has 1 N–H and O–H groups in total. The van der Waals surface area contributed by atoms with Crippen molar-refractivity contribution in [3.8, 4) is 11.5 Å². The Hall–Kier alpha value is -2.57. The Kier molecular flexibility index (Phi) is 4.76. The summed E-state index contributed by atoms with van der Waals surface area (Å²) in [4.78, 5) is 14.8. The minimum absolute atomic E-state index is 0.0783. The van der Waals surface area contributed by atoms with Crippen LogP contribution in [0.25, 0.3) is 0 Å². The maximum atomic E-state index is 13.1. The zero-order chi connectivity index (χ0) is 19.0. The molecule has 2 aliphatic rings. The molecule has 2 aliphatic heterocycles. The third-order valence-electron chi connectivity index (χ3n) is 4.50. The van der Waals surface area contributed by atoms with Crippen LogP contribution in [0.3, 0.4) is 0 Å². The number of carbonyl (C=O) groups is 1. The van der Waals surface area contributed by atoms with Gasteiger partial charge in [0.25, 0.3) is 5.91 Å². The number of rotatable bonds is 6. The number of epoxide rings is 1. The lowest BCUT2D eigenvalue weighted by Gasteiger charge is -2.19. The summed E-state index contributed by atoms with van der Waals surface area (Å²) in [6, 6.07) is 13.1. The van der Waals surface area contributed by atoms with E-state index in [4.69, 9.17) is 14.2 Å². The van der Waals surface area contributed by atoms with Crippen molar-refractivity contribution in [2.75, 3.05) is 23.4 Å². The first kappa shape index (κ1) is 17.8. The number of anilines is 2. The van der Waals surface area contributed by atoms with E-state index in [-0.39, 0.29) is 18.4 Å². The second-order valence-electron chi connectivity index (χ2n) is 7.13. The average molecular weight is 368 g/mol. The zero-order valence-electron chi connectivity index (χ0n) is 15.8. The smallest absolute Gasteiger partial charge is 0.262 e. The number of benzene rings is 2. The first-order valence-corrected chi connectivity index (χ1v) is 9.33. The molecule has 1 fully saturated rings. The fraction of sp³-hybridized carbons (Fsp3) is 0.381. The van der Waals surface area contributed by atoms with E-state index < -0.39 is 0 Å². The highest BCUT2D eigenvalue weighted by atomic mass is 16.8. The van der Waals surface area contributed by atoms with Gasteiger partial charge in [-0.25, -0.2) is 0 Å². The zero-order valence-corrected chi connectivity index (χ0v) is 15.8. The van der Waals surface area contributed by atoms with Gasteiger partial charge in [0.15, 0.2) is 12.0 Å². The van der Waals surface area contributed by atoms with Gasteiger partial charge in [0, 0.05) is 12.2 Å². The molecule has 1 saturated heterocycles. The van der Waals surface area contributed by atoms with E-state index in [0.717, 1.165) is 11.4 Å². The first-order chi connectivity index (χ1) is 13.1. The van der Waals surface area contributed by atoms with E-state index in [1.807, 2.05) is 49.4 Å². The molecule has 0 bridgehead atoms. The van der Waals surface area contributed by atoms with Crippen LogP contribution in [0.5, 0.6) is 11.5 Å². The van der Waals surface area contributed by atoms with E-state index in [9.17, 15) is 4.79 Å². The number of hydrogen-bond donors (Lipinski definition) is 1. The Morgan fingerprint density at radius 1 is 1.19 bits per heavy atom. The summed E-state index contributed by atoms with van der Waals surface area (Å²) in [7, 11) is 0. The summed E-state index contributed by atoms with van der Waals surface area (Å²) in [5, 5.41) is 3.26. The largest absolute Gasteiger partial charge is 0.454 e. The number of hydrogen-bond acceptors (Lipinski definition) is 5. The van der Waals surface area contributed by atoms with Crippen molar-refractivity contribution in [3.63, 3.8) is 0 Å². The summed E-state index contributed by atoms with van der Waals surface area (Å²) in [5.41, 5.74) is 2.11. The van der Waals surface area contributed by atoms with Gasteiger partial charge in [-0.3, -0.25) is 4.79 Å². The van der Waals surface area contributed by atoms with Crippen LogP contribution in [0.15, 0.2) is 42.5 Å². The second kappa shape index (κ2) is 7.21. The third-order valence-corrected chi connectivity index (χ3v) is 4.50. The van der Waals surface area contributed by atoms with Crippen LogP contribution >= 0.6 is 0 Å². The van der Waals surface area contributed by atoms with Gasteiger partial charge in [0.1, 0.15) is 5.75 Å². The van der Waals surface area contributed by atoms with Crippen LogP contribution in [0.4, 0.5) is 11.4 Å². The van der Waals surface area contributed by atoms with Crippen molar-refractivity contribution < 1.29 is 19.0 Å². The predicted molar refractivity (Wildman–Crippen MR) is 103 cm³/mol. The van der Waals surface area contributed by atoms with Crippen LogP contribution in [-0.4, -0.2) is 31.6 Å². The molecule has 6 heteroatoms. The van der Waals surface area contributed by atoms with Crippen LogP contribution in [-0.2, 0) is 9.47 Å². The molecule has 1 amide bonds. The molecule has 27 heavy (non-hydrogen) atoms. The Balaban J connectivity index is 1.54. The molecule has 0 saturated carbocycles.